The van der Waals surface area contributed by atoms with Crippen molar-refractivity contribution in [1.29, 1.82) is 0 Å². The summed E-state index contributed by atoms with van der Waals surface area (Å²) in [5, 5.41) is 3.06. The molecule has 0 radical (unpaired) electrons. The lowest BCUT2D eigenvalue weighted by atomic mass is 10.1. The van der Waals surface area contributed by atoms with Crippen molar-refractivity contribution >= 4 is 10.0 Å². The van der Waals surface area contributed by atoms with Crippen LogP contribution in [0.4, 0.5) is 0 Å². The van der Waals surface area contributed by atoms with Crippen LogP contribution in [0.25, 0.3) is 0 Å². The molecule has 1 aromatic heterocycles. The Balaban J connectivity index is 2.24. The Morgan fingerprint density at radius 2 is 2.11 bits per heavy atom. The minimum Gasteiger partial charge on any atom is -0.315 e. The van der Waals surface area contributed by atoms with Crippen molar-refractivity contribution in [1.82, 2.24) is 20.0 Å². The number of H-pyrrole nitrogens is 2. The van der Waals surface area contributed by atoms with Crippen LogP contribution in [-0.2, 0) is 10.0 Å². The second kappa shape index (κ2) is 5.04. The Hall–Kier alpha value is -1.45. The van der Waals surface area contributed by atoms with Crippen LogP contribution in [0.3, 0.4) is 0 Å². The number of sulfonamides is 1. The molecule has 18 heavy (non-hydrogen) atoms. The molecule has 1 fully saturated rings. The van der Waals surface area contributed by atoms with E-state index < -0.39 is 26.2 Å². The van der Waals surface area contributed by atoms with Gasteiger partial charge in [-0.25, -0.2) is 17.9 Å². The fraction of sp³-hybridized carbons (Fsp3) is 0.556. The maximum atomic E-state index is 12.0. The predicted molar refractivity (Wildman–Crippen MR) is 63.9 cm³/mol. The van der Waals surface area contributed by atoms with Gasteiger partial charge >= 0.3 is 5.69 Å². The minimum absolute atomic E-state index is 0.241. The number of nitrogens with one attached hydrogen (secondary N) is 4. The molecule has 4 N–H and O–H groups in total. The van der Waals surface area contributed by atoms with Gasteiger partial charge in [-0.05, 0) is 19.4 Å². The van der Waals surface area contributed by atoms with Crippen LogP contribution >= 0.6 is 0 Å². The van der Waals surface area contributed by atoms with Crippen LogP contribution in [0.15, 0.2) is 20.7 Å². The van der Waals surface area contributed by atoms with E-state index in [0.29, 0.717) is 13.0 Å². The summed E-state index contributed by atoms with van der Waals surface area (Å²) >= 11 is 0. The van der Waals surface area contributed by atoms with Gasteiger partial charge in [-0.3, -0.25) is 9.78 Å². The maximum Gasteiger partial charge on any atom is 0.325 e. The number of piperidine rings is 1. The zero-order chi connectivity index (χ0) is 13.2. The van der Waals surface area contributed by atoms with Crippen molar-refractivity contribution in [2.75, 3.05) is 13.1 Å². The normalized spacial score (nSPS) is 20.8. The quantitative estimate of drug-likeness (QED) is 0.512. The third-order valence-corrected chi connectivity index (χ3v) is 4.22. The molecule has 0 bridgehead atoms. The highest BCUT2D eigenvalue weighted by atomic mass is 32.2. The predicted octanol–water partition coefficient (Wildman–Crippen LogP) is -1.91. The zero-order valence-corrected chi connectivity index (χ0v) is 10.3. The highest BCUT2D eigenvalue weighted by Gasteiger charge is 2.24. The van der Waals surface area contributed by atoms with Crippen LogP contribution in [-0.4, -0.2) is 37.5 Å². The molecular formula is C9H14N4O4S. The molecule has 2 rings (SSSR count). The molecule has 100 valence electrons. The summed E-state index contributed by atoms with van der Waals surface area (Å²) < 4.78 is 26.3. The average molecular weight is 274 g/mol. The molecular weight excluding hydrogens is 260 g/mol. The summed E-state index contributed by atoms with van der Waals surface area (Å²) in [4.78, 5) is 25.8. The lowest BCUT2D eigenvalue weighted by Crippen LogP contribution is -2.46. The molecule has 9 heteroatoms. The van der Waals surface area contributed by atoms with Gasteiger partial charge in [-0.1, -0.05) is 0 Å². The Morgan fingerprint density at radius 1 is 1.33 bits per heavy atom. The Labute approximate surface area is 103 Å². The van der Waals surface area contributed by atoms with Crippen LogP contribution < -0.4 is 21.3 Å². The van der Waals surface area contributed by atoms with Gasteiger partial charge < -0.3 is 10.3 Å². The van der Waals surface area contributed by atoms with E-state index in [9.17, 15) is 18.0 Å². The topological polar surface area (TPSA) is 124 Å². The standard InChI is InChI=1S/C9H14N4O4S/c14-8-7(5-11-9(15)12-8)18(16,17)13-6-2-1-3-10-4-6/h5-6,10,13H,1-4H2,(H2,11,12,14,15)/t6-/m1/s1. The summed E-state index contributed by atoms with van der Waals surface area (Å²) in [6.45, 7) is 1.39. The second-order valence-electron chi connectivity index (χ2n) is 4.10. The molecule has 1 aliphatic heterocycles. The van der Waals surface area contributed by atoms with Crippen molar-refractivity contribution in [2.24, 2.45) is 0 Å². The molecule has 2 heterocycles. The SMILES string of the molecule is O=c1[nH]cc(S(=O)(=O)N[C@@H]2CCCNC2)c(=O)[nH]1. The molecule has 8 nitrogen and oxygen atoms in total. The molecule has 0 amide bonds. The van der Waals surface area contributed by atoms with Crippen molar-refractivity contribution in [3.63, 3.8) is 0 Å². The van der Waals surface area contributed by atoms with Gasteiger partial charge in [0.25, 0.3) is 5.56 Å². The van der Waals surface area contributed by atoms with Crippen molar-refractivity contribution in [3.8, 4) is 0 Å². The molecule has 0 aromatic carbocycles. The fourth-order valence-corrected chi connectivity index (χ4v) is 3.11. The Kier molecular flexibility index (Phi) is 3.64. The molecule has 1 saturated heterocycles. The molecule has 0 spiro atoms. The molecule has 1 aliphatic rings. The minimum atomic E-state index is -3.91. The van der Waals surface area contributed by atoms with E-state index in [1.54, 1.807) is 0 Å². The largest absolute Gasteiger partial charge is 0.325 e. The third kappa shape index (κ3) is 2.86. The number of hydrogen-bond donors (Lipinski definition) is 4. The lowest BCUT2D eigenvalue weighted by molar-refractivity contribution is 0.428. The van der Waals surface area contributed by atoms with E-state index in [2.05, 4.69) is 15.0 Å². The van der Waals surface area contributed by atoms with Gasteiger partial charge in [0.15, 0.2) is 4.90 Å². The van der Waals surface area contributed by atoms with E-state index >= 15 is 0 Å². The van der Waals surface area contributed by atoms with Gasteiger partial charge in [0.05, 0.1) is 0 Å². The third-order valence-electron chi connectivity index (χ3n) is 2.69. The highest BCUT2D eigenvalue weighted by Crippen LogP contribution is 2.06. The van der Waals surface area contributed by atoms with Crippen LogP contribution in [0.2, 0.25) is 0 Å². The van der Waals surface area contributed by atoms with E-state index in [1.165, 1.54) is 0 Å². The molecule has 0 saturated carbocycles. The van der Waals surface area contributed by atoms with Crippen molar-refractivity contribution in [3.05, 3.63) is 27.0 Å². The summed E-state index contributed by atoms with van der Waals surface area (Å²) in [5.41, 5.74) is -1.66. The summed E-state index contributed by atoms with van der Waals surface area (Å²) in [6, 6.07) is -0.241. The smallest absolute Gasteiger partial charge is 0.315 e. The van der Waals surface area contributed by atoms with Crippen molar-refractivity contribution in [2.45, 2.75) is 23.8 Å². The monoisotopic (exact) mass is 274 g/mol. The maximum absolute atomic E-state index is 12.0. The Morgan fingerprint density at radius 3 is 2.72 bits per heavy atom. The van der Waals surface area contributed by atoms with E-state index in [1.807, 2.05) is 4.98 Å². The summed E-state index contributed by atoms with van der Waals surface area (Å²) in [6.07, 6.45) is 2.49. The van der Waals surface area contributed by atoms with Gasteiger partial charge in [0.2, 0.25) is 10.0 Å². The first kappa shape index (κ1) is 13.0. The first-order valence-electron chi connectivity index (χ1n) is 5.54. The number of aromatic amines is 2. The summed E-state index contributed by atoms with van der Waals surface area (Å²) in [5.74, 6) is 0. The second-order valence-corrected chi connectivity index (χ2v) is 5.78. The molecule has 1 aromatic rings. The van der Waals surface area contributed by atoms with E-state index in [4.69, 9.17) is 0 Å². The van der Waals surface area contributed by atoms with Gasteiger partial charge in [-0.2, -0.15) is 0 Å². The lowest BCUT2D eigenvalue weighted by Gasteiger charge is -2.23. The first-order chi connectivity index (χ1) is 8.49. The van der Waals surface area contributed by atoms with Crippen LogP contribution in [0, 0.1) is 0 Å². The zero-order valence-electron chi connectivity index (χ0n) is 9.52. The van der Waals surface area contributed by atoms with Gasteiger partial charge in [0, 0.05) is 18.8 Å². The average Bonchev–Trinajstić information content (AvgIpc) is 2.29. The number of hydrogen-bond acceptors (Lipinski definition) is 5. The van der Waals surface area contributed by atoms with Gasteiger partial charge in [-0.15, -0.1) is 0 Å². The van der Waals surface area contributed by atoms with Crippen LogP contribution in [0.5, 0.6) is 0 Å². The summed E-state index contributed by atoms with van der Waals surface area (Å²) in [7, 11) is -3.91. The highest BCUT2D eigenvalue weighted by molar-refractivity contribution is 7.89. The Bertz CT molecular complexity index is 626. The first-order valence-corrected chi connectivity index (χ1v) is 7.02. The molecule has 1 atom stereocenters. The fourth-order valence-electron chi connectivity index (χ4n) is 1.83. The van der Waals surface area contributed by atoms with E-state index in [0.717, 1.165) is 19.2 Å². The molecule has 0 aliphatic carbocycles. The van der Waals surface area contributed by atoms with E-state index in [-0.39, 0.29) is 6.04 Å². The molecule has 0 unspecified atom stereocenters. The van der Waals surface area contributed by atoms with Crippen molar-refractivity contribution < 1.29 is 8.42 Å². The number of rotatable bonds is 3. The van der Waals surface area contributed by atoms with Gasteiger partial charge in [0.1, 0.15) is 0 Å². The van der Waals surface area contributed by atoms with Crippen LogP contribution in [0.1, 0.15) is 12.8 Å². The number of aromatic nitrogens is 2.